The van der Waals surface area contributed by atoms with Crippen molar-refractivity contribution in [3.8, 4) is 0 Å². The Morgan fingerprint density at radius 3 is 2.67 bits per heavy atom. The van der Waals surface area contributed by atoms with Crippen molar-refractivity contribution in [2.75, 3.05) is 38.3 Å². The van der Waals surface area contributed by atoms with Gasteiger partial charge in [-0.15, -0.1) is 0 Å². The molecule has 1 fully saturated rings. The normalized spacial score (nSPS) is 20.4. The van der Waals surface area contributed by atoms with Crippen LogP contribution < -0.4 is 10.2 Å². The van der Waals surface area contributed by atoms with Gasteiger partial charge >= 0.3 is 0 Å². The van der Waals surface area contributed by atoms with Crippen LogP contribution in [0.25, 0.3) is 0 Å². The molecule has 100 valence electrons. The van der Waals surface area contributed by atoms with E-state index in [2.05, 4.69) is 48.3 Å². The number of hydrogen-bond donors (Lipinski definition) is 1. The average molecular weight is 248 g/mol. The standard InChI is InChI=1S/C15H24N2O/c1-12(2)13-4-6-15(7-5-13)17-9-8-16-14(10-17)11-18-3/h4-7,12,14,16H,8-11H2,1-3H3. The lowest BCUT2D eigenvalue weighted by Crippen LogP contribution is -2.52. The van der Waals surface area contributed by atoms with Gasteiger partial charge in [-0.3, -0.25) is 0 Å². The van der Waals surface area contributed by atoms with Gasteiger partial charge in [-0.05, 0) is 23.6 Å². The molecule has 1 aliphatic rings. The predicted octanol–water partition coefficient (Wildman–Crippen LogP) is 2.23. The number of nitrogens with zero attached hydrogens (tertiary/aromatic N) is 1. The average Bonchev–Trinajstić information content (AvgIpc) is 2.39. The Bertz CT molecular complexity index is 359. The first-order valence-electron chi connectivity index (χ1n) is 6.78. The summed E-state index contributed by atoms with van der Waals surface area (Å²) in [4.78, 5) is 2.43. The molecular weight excluding hydrogens is 224 g/mol. The van der Waals surface area contributed by atoms with Crippen molar-refractivity contribution in [3.05, 3.63) is 29.8 Å². The van der Waals surface area contributed by atoms with E-state index in [4.69, 9.17) is 4.74 Å². The quantitative estimate of drug-likeness (QED) is 0.884. The highest BCUT2D eigenvalue weighted by Crippen LogP contribution is 2.21. The molecule has 0 aliphatic carbocycles. The van der Waals surface area contributed by atoms with Crippen LogP contribution in [-0.4, -0.2) is 39.4 Å². The minimum absolute atomic E-state index is 0.438. The molecule has 0 spiro atoms. The number of benzene rings is 1. The third-order valence-corrected chi connectivity index (χ3v) is 3.55. The highest BCUT2D eigenvalue weighted by atomic mass is 16.5. The SMILES string of the molecule is COCC1CN(c2ccc(C(C)C)cc2)CCN1. The Hall–Kier alpha value is -1.06. The number of piperazine rings is 1. The summed E-state index contributed by atoms with van der Waals surface area (Å²) in [6.45, 7) is 8.36. The third kappa shape index (κ3) is 3.24. The van der Waals surface area contributed by atoms with Gasteiger partial charge in [0.1, 0.15) is 0 Å². The molecule has 1 saturated heterocycles. The molecule has 0 amide bonds. The van der Waals surface area contributed by atoms with Crippen molar-refractivity contribution < 1.29 is 4.74 Å². The first kappa shape index (κ1) is 13.4. The van der Waals surface area contributed by atoms with Gasteiger partial charge in [-0.2, -0.15) is 0 Å². The molecule has 18 heavy (non-hydrogen) atoms. The zero-order valence-corrected chi connectivity index (χ0v) is 11.6. The Morgan fingerprint density at radius 2 is 2.06 bits per heavy atom. The van der Waals surface area contributed by atoms with Gasteiger partial charge in [0.05, 0.1) is 6.61 Å². The van der Waals surface area contributed by atoms with Crippen molar-refractivity contribution >= 4 is 5.69 Å². The minimum Gasteiger partial charge on any atom is -0.383 e. The van der Waals surface area contributed by atoms with Crippen molar-refractivity contribution in [1.29, 1.82) is 0 Å². The number of anilines is 1. The summed E-state index contributed by atoms with van der Waals surface area (Å²) < 4.78 is 5.23. The fourth-order valence-corrected chi connectivity index (χ4v) is 2.44. The number of rotatable bonds is 4. The molecular formula is C15H24N2O. The maximum Gasteiger partial charge on any atom is 0.0633 e. The van der Waals surface area contributed by atoms with Crippen LogP contribution in [0.3, 0.4) is 0 Å². The Kier molecular flexibility index (Phi) is 4.61. The summed E-state index contributed by atoms with van der Waals surface area (Å²) in [5.74, 6) is 0.600. The van der Waals surface area contributed by atoms with Gasteiger partial charge in [-0.25, -0.2) is 0 Å². The van der Waals surface area contributed by atoms with Gasteiger partial charge in [0.2, 0.25) is 0 Å². The van der Waals surface area contributed by atoms with Crippen molar-refractivity contribution in [2.45, 2.75) is 25.8 Å². The molecule has 3 nitrogen and oxygen atoms in total. The number of hydrogen-bond acceptors (Lipinski definition) is 3. The Morgan fingerprint density at radius 1 is 1.33 bits per heavy atom. The summed E-state index contributed by atoms with van der Waals surface area (Å²) in [6.07, 6.45) is 0. The number of methoxy groups -OCH3 is 1. The molecule has 0 radical (unpaired) electrons. The van der Waals surface area contributed by atoms with E-state index < -0.39 is 0 Å². The van der Waals surface area contributed by atoms with Crippen LogP contribution in [0.1, 0.15) is 25.3 Å². The van der Waals surface area contributed by atoms with Crippen molar-refractivity contribution in [3.63, 3.8) is 0 Å². The van der Waals surface area contributed by atoms with Crippen molar-refractivity contribution in [1.82, 2.24) is 5.32 Å². The molecule has 1 aromatic carbocycles. The molecule has 3 heteroatoms. The second-order valence-electron chi connectivity index (χ2n) is 5.30. The first-order valence-corrected chi connectivity index (χ1v) is 6.78. The predicted molar refractivity (Wildman–Crippen MR) is 76.4 cm³/mol. The molecule has 0 saturated carbocycles. The monoisotopic (exact) mass is 248 g/mol. The second kappa shape index (κ2) is 6.21. The topological polar surface area (TPSA) is 24.5 Å². The Labute approximate surface area is 110 Å². The minimum atomic E-state index is 0.438. The summed E-state index contributed by atoms with van der Waals surface area (Å²) in [5, 5.41) is 3.48. The van der Waals surface area contributed by atoms with E-state index in [1.807, 2.05) is 0 Å². The largest absolute Gasteiger partial charge is 0.383 e. The summed E-state index contributed by atoms with van der Waals surface area (Å²) in [5.41, 5.74) is 2.73. The van der Waals surface area contributed by atoms with E-state index in [-0.39, 0.29) is 0 Å². The van der Waals surface area contributed by atoms with Crippen LogP contribution in [0.5, 0.6) is 0 Å². The van der Waals surface area contributed by atoms with Crippen LogP contribution in [0, 0.1) is 0 Å². The first-order chi connectivity index (χ1) is 8.70. The van der Waals surface area contributed by atoms with E-state index in [9.17, 15) is 0 Å². The summed E-state index contributed by atoms with van der Waals surface area (Å²) in [7, 11) is 1.76. The molecule has 0 aromatic heterocycles. The van der Waals surface area contributed by atoms with Gasteiger partial charge < -0.3 is 15.0 Å². The fourth-order valence-electron chi connectivity index (χ4n) is 2.44. The lowest BCUT2D eigenvalue weighted by molar-refractivity contribution is 0.163. The zero-order chi connectivity index (χ0) is 13.0. The van der Waals surface area contributed by atoms with Gasteiger partial charge in [0.15, 0.2) is 0 Å². The van der Waals surface area contributed by atoms with Gasteiger partial charge in [0, 0.05) is 38.5 Å². The molecule has 2 rings (SSSR count). The summed E-state index contributed by atoms with van der Waals surface area (Å²) in [6, 6.07) is 9.41. The highest BCUT2D eigenvalue weighted by molar-refractivity contribution is 5.48. The highest BCUT2D eigenvalue weighted by Gasteiger charge is 2.19. The summed E-state index contributed by atoms with van der Waals surface area (Å²) >= 11 is 0. The van der Waals surface area contributed by atoms with E-state index in [0.29, 0.717) is 12.0 Å². The Balaban J connectivity index is 2.02. The van der Waals surface area contributed by atoms with Gasteiger partial charge in [0.25, 0.3) is 0 Å². The number of ether oxygens (including phenoxy) is 1. The van der Waals surface area contributed by atoms with Crippen LogP contribution in [0.4, 0.5) is 5.69 Å². The maximum absolute atomic E-state index is 5.23. The smallest absolute Gasteiger partial charge is 0.0633 e. The molecule has 1 aliphatic heterocycles. The number of nitrogens with one attached hydrogen (secondary N) is 1. The molecule has 1 atom stereocenters. The van der Waals surface area contributed by atoms with E-state index in [1.54, 1.807) is 7.11 Å². The van der Waals surface area contributed by atoms with E-state index in [1.165, 1.54) is 11.3 Å². The van der Waals surface area contributed by atoms with E-state index in [0.717, 1.165) is 26.2 Å². The zero-order valence-electron chi connectivity index (χ0n) is 11.6. The third-order valence-electron chi connectivity index (χ3n) is 3.55. The molecule has 0 bridgehead atoms. The molecule has 1 unspecified atom stereocenters. The van der Waals surface area contributed by atoms with Crippen LogP contribution in [0.2, 0.25) is 0 Å². The van der Waals surface area contributed by atoms with Crippen LogP contribution in [0.15, 0.2) is 24.3 Å². The van der Waals surface area contributed by atoms with Gasteiger partial charge in [-0.1, -0.05) is 26.0 Å². The lowest BCUT2D eigenvalue weighted by atomic mass is 10.0. The van der Waals surface area contributed by atoms with Crippen LogP contribution in [-0.2, 0) is 4.74 Å². The lowest BCUT2D eigenvalue weighted by Gasteiger charge is -2.35. The van der Waals surface area contributed by atoms with Crippen molar-refractivity contribution in [2.24, 2.45) is 0 Å². The second-order valence-corrected chi connectivity index (χ2v) is 5.30. The van der Waals surface area contributed by atoms with E-state index >= 15 is 0 Å². The van der Waals surface area contributed by atoms with Crippen LogP contribution >= 0.6 is 0 Å². The molecule has 1 heterocycles. The fraction of sp³-hybridized carbons (Fsp3) is 0.600. The maximum atomic E-state index is 5.23. The molecule has 1 aromatic rings. The molecule has 1 N–H and O–H groups in total.